The monoisotopic (exact) mass is 284 g/mol. The lowest BCUT2D eigenvalue weighted by Gasteiger charge is -2.19. The van der Waals surface area contributed by atoms with E-state index in [2.05, 4.69) is 16.9 Å². The van der Waals surface area contributed by atoms with Gasteiger partial charge in [0, 0.05) is 12.1 Å². The third-order valence-corrected chi connectivity index (χ3v) is 3.70. The summed E-state index contributed by atoms with van der Waals surface area (Å²) < 4.78 is 5.50. The van der Waals surface area contributed by atoms with Crippen molar-refractivity contribution in [3.8, 4) is 5.88 Å². The lowest BCUT2D eigenvalue weighted by Crippen LogP contribution is -2.26. The number of carbonyl (C=O) groups is 1. The van der Waals surface area contributed by atoms with Gasteiger partial charge in [-0.3, -0.25) is 0 Å². The molecule has 1 aliphatic heterocycles. The van der Waals surface area contributed by atoms with Gasteiger partial charge in [-0.15, -0.1) is 0 Å². The van der Waals surface area contributed by atoms with Gasteiger partial charge in [-0.1, -0.05) is 11.6 Å². The lowest BCUT2D eigenvalue weighted by molar-refractivity contribution is 0.0689. The van der Waals surface area contributed by atoms with E-state index in [1.165, 1.54) is 18.9 Å². The number of likely N-dealkylation sites (tertiary alicyclic amines) is 1. The number of pyridine rings is 1. The van der Waals surface area contributed by atoms with Gasteiger partial charge in [-0.2, -0.15) is 0 Å². The Hall–Kier alpha value is -1.33. The van der Waals surface area contributed by atoms with E-state index in [0.717, 1.165) is 13.0 Å². The minimum absolute atomic E-state index is 0.121. The average Bonchev–Trinajstić information content (AvgIpc) is 2.77. The Bertz CT molecular complexity index is 467. The van der Waals surface area contributed by atoms with Crippen molar-refractivity contribution >= 4 is 17.6 Å². The third-order valence-electron chi connectivity index (χ3n) is 3.40. The smallest absolute Gasteiger partial charge is 0.356 e. The number of nitrogens with zero attached hydrogens (tertiary/aromatic N) is 2. The van der Waals surface area contributed by atoms with Gasteiger partial charge in [0.2, 0.25) is 5.88 Å². The number of carboxylic acids is 1. The minimum atomic E-state index is -1.15. The van der Waals surface area contributed by atoms with Crippen LogP contribution in [0.25, 0.3) is 0 Å². The molecule has 1 aliphatic rings. The summed E-state index contributed by atoms with van der Waals surface area (Å²) in [7, 11) is 2.11. The number of aromatic carboxylic acids is 1. The summed E-state index contributed by atoms with van der Waals surface area (Å²) in [4.78, 5) is 17.1. The van der Waals surface area contributed by atoms with Crippen molar-refractivity contribution in [2.24, 2.45) is 0 Å². The molecule has 1 aromatic heterocycles. The van der Waals surface area contributed by atoms with Crippen LogP contribution < -0.4 is 4.74 Å². The molecule has 0 spiro atoms. The maximum atomic E-state index is 10.9. The fraction of sp³-hybridized carbons (Fsp3) is 0.538. The van der Waals surface area contributed by atoms with Crippen LogP contribution >= 0.6 is 11.6 Å². The molecule has 0 aromatic carbocycles. The number of halogens is 1. The SMILES string of the molecule is CN1CCCC1CCOc1ccc(Cl)c(C(=O)O)n1. The number of hydrogen-bond acceptors (Lipinski definition) is 4. The van der Waals surface area contributed by atoms with Crippen LogP contribution in [0.5, 0.6) is 5.88 Å². The van der Waals surface area contributed by atoms with Crippen molar-refractivity contribution in [1.29, 1.82) is 0 Å². The first-order chi connectivity index (χ1) is 9.08. The van der Waals surface area contributed by atoms with E-state index in [9.17, 15) is 4.79 Å². The molecule has 2 rings (SSSR count). The third kappa shape index (κ3) is 3.58. The maximum absolute atomic E-state index is 10.9. The Labute approximate surface area is 117 Å². The van der Waals surface area contributed by atoms with Crippen LogP contribution in [0.3, 0.4) is 0 Å². The molecule has 1 atom stereocenters. The van der Waals surface area contributed by atoms with Gasteiger partial charge >= 0.3 is 5.97 Å². The van der Waals surface area contributed by atoms with Gasteiger partial charge < -0.3 is 14.7 Å². The van der Waals surface area contributed by atoms with Gasteiger partial charge in [-0.05, 0) is 38.9 Å². The second-order valence-corrected chi connectivity index (χ2v) is 5.11. The highest BCUT2D eigenvalue weighted by atomic mass is 35.5. The zero-order valence-electron chi connectivity index (χ0n) is 10.8. The van der Waals surface area contributed by atoms with E-state index in [4.69, 9.17) is 21.4 Å². The van der Waals surface area contributed by atoms with E-state index in [-0.39, 0.29) is 10.7 Å². The van der Waals surface area contributed by atoms with Crippen molar-refractivity contribution in [2.75, 3.05) is 20.2 Å². The molecule has 0 bridgehead atoms. The summed E-state index contributed by atoms with van der Waals surface area (Å²) in [6.45, 7) is 1.66. The first-order valence-electron chi connectivity index (χ1n) is 6.31. The zero-order chi connectivity index (χ0) is 13.8. The molecule has 0 aliphatic carbocycles. The zero-order valence-corrected chi connectivity index (χ0v) is 11.6. The van der Waals surface area contributed by atoms with Crippen LogP contribution in [0.4, 0.5) is 0 Å². The molecule has 1 unspecified atom stereocenters. The van der Waals surface area contributed by atoms with E-state index in [0.29, 0.717) is 18.5 Å². The van der Waals surface area contributed by atoms with Crippen LogP contribution in [-0.4, -0.2) is 47.2 Å². The second kappa shape index (κ2) is 6.21. The Morgan fingerprint density at radius 1 is 1.63 bits per heavy atom. The van der Waals surface area contributed by atoms with Crippen LogP contribution in [0.1, 0.15) is 29.8 Å². The van der Waals surface area contributed by atoms with Crippen LogP contribution in [-0.2, 0) is 0 Å². The van der Waals surface area contributed by atoms with Crippen molar-refractivity contribution in [3.63, 3.8) is 0 Å². The molecular formula is C13H17ClN2O3. The van der Waals surface area contributed by atoms with Crippen molar-refractivity contribution in [2.45, 2.75) is 25.3 Å². The highest BCUT2D eigenvalue weighted by Gasteiger charge is 2.20. The summed E-state index contributed by atoms with van der Waals surface area (Å²) in [5, 5.41) is 9.03. The molecule has 0 radical (unpaired) electrons. The number of rotatable bonds is 5. The maximum Gasteiger partial charge on any atom is 0.356 e. The molecule has 5 nitrogen and oxygen atoms in total. The summed E-state index contributed by atoms with van der Waals surface area (Å²) in [6.07, 6.45) is 3.33. The second-order valence-electron chi connectivity index (χ2n) is 4.70. The summed E-state index contributed by atoms with van der Waals surface area (Å²) >= 11 is 5.74. The molecule has 1 fully saturated rings. The van der Waals surface area contributed by atoms with Gasteiger partial charge in [0.15, 0.2) is 5.69 Å². The van der Waals surface area contributed by atoms with Gasteiger partial charge in [0.05, 0.1) is 11.6 Å². The molecule has 1 N–H and O–H groups in total. The molecule has 0 amide bonds. The number of hydrogen-bond donors (Lipinski definition) is 1. The van der Waals surface area contributed by atoms with E-state index >= 15 is 0 Å². The molecular weight excluding hydrogens is 268 g/mol. The Balaban J connectivity index is 1.89. The Kier molecular flexibility index (Phi) is 4.61. The molecule has 19 heavy (non-hydrogen) atoms. The quantitative estimate of drug-likeness (QED) is 0.899. The van der Waals surface area contributed by atoms with E-state index in [1.54, 1.807) is 6.07 Å². The van der Waals surface area contributed by atoms with E-state index < -0.39 is 5.97 Å². The summed E-state index contributed by atoms with van der Waals surface area (Å²) in [5.41, 5.74) is -0.169. The molecule has 104 valence electrons. The first-order valence-corrected chi connectivity index (χ1v) is 6.68. The van der Waals surface area contributed by atoms with Crippen molar-refractivity contribution < 1.29 is 14.6 Å². The summed E-state index contributed by atoms with van der Waals surface area (Å²) in [6, 6.07) is 3.63. The fourth-order valence-corrected chi connectivity index (χ4v) is 2.48. The largest absolute Gasteiger partial charge is 0.478 e. The number of aromatic nitrogens is 1. The fourth-order valence-electron chi connectivity index (χ4n) is 2.30. The van der Waals surface area contributed by atoms with Gasteiger partial charge in [-0.25, -0.2) is 9.78 Å². The highest BCUT2D eigenvalue weighted by molar-refractivity contribution is 6.33. The first kappa shape index (κ1) is 14.1. The van der Waals surface area contributed by atoms with Gasteiger partial charge in [0.25, 0.3) is 0 Å². The number of ether oxygens (including phenoxy) is 1. The standard InChI is InChI=1S/C13H17ClN2O3/c1-16-7-2-3-9(16)6-8-19-11-5-4-10(14)12(15-11)13(17)18/h4-5,9H,2-3,6-8H2,1H3,(H,17,18). The van der Waals surface area contributed by atoms with Crippen LogP contribution in [0.15, 0.2) is 12.1 Å². The Morgan fingerprint density at radius 2 is 2.42 bits per heavy atom. The highest BCUT2D eigenvalue weighted by Crippen LogP contribution is 2.20. The Morgan fingerprint density at radius 3 is 3.05 bits per heavy atom. The van der Waals surface area contributed by atoms with E-state index in [1.807, 2.05) is 0 Å². The van der Waals surface area contributed by atoms with Crippen LogP contribution in [0, 0.1) is 0 Å². The molecule has 2 heterocycles. The molecule has 6 heteroatoms. The van der Waals surface area contributed by atoms with Crippen LogP contribution in [0.2, 0.25) is 5.02 Å². The lowest BCUT2D eigenvalue weighted by atomic mass is 10.1. The van der Waals surface area contributed by atoms with Crippen molar-refractivity contribution in [1.82, 2.24) is 9.88 Å². The predicted molar refractivity (Wildman–Crippen MR) is 72.0 cm³/mol. The molecule has 1 saturated heterocycles. The topological polar surface area (TPSA) is 62.7 Å². The minimum Gasteiger partial charge on any atom is -0.478 e. The predicted octanol–water partition coefficient (Wildman–Crippen LogP) is 2.30. The van der Waals surface area contributed by atoms with Crippen molar-refractivity contribution in [3.05, 3.63) is 22.8 Å². The average molecular weight is 285 g/mol. The number of carboxylic acid groups (broad SMARTS) is 1. The molecule has 1 aromatic rings. The summed E-state index contributed by atoms with van der Waals surface area (Å²) in [5.74, 6) is -0.839. The molecule has 0 saturated carbocycles. The van der Waals surface area contributed by atoms with Gasteiger partial charge in [0.1, 0.15) is 0 Å². The normalized spacial score (nSPS) is 19.6.